The highest BCUT2D eigenvalue weighted by atomic mass is 14.2. The average molecular weight is 324 g/mol. The molecule has 0 fully saturated rings. The van der Waals surface area contributed by atoms with Crippen LogP contribution in [0.15, 0.2) is 72.8 Å². The van der Waals surface area contributed by atoms with Crippen molar-refractivity contribution in [1.82, 2.24) is 0 Å². The van der Waals surface area contributed by atoms with Gasteiger partial charge in [-0.05, 0) is 57.7 Å². The van der Waals surface area contributed by atoms with Crippen LogP contribution in [0.5, 0.6) is 0 Å². The minimum atomic E-state index is 0.561. The first kappa shape index (κ1) is 15.9. The average Bonchev–Trinajstić information content (AvgIpc) is 2.68. The smallest absolute Gasteiger partial charge is 0.0146 e. The molecule has 0 unspecified atom stereocenters. The second kappa shape index (κ2) is 6.72. The summed E-state index contributed by atoms with van der Waals surface area (Å²) in [6, 6.07) is 24.2. The van der Waals surface area contributed by atoms with Crippen LogP contribution in [0.1, 0.15) is 42.9 Å². The van der Waals surface area contributed by atoms with Gasteiger partial charge in [-0.25, -0.2) is 0 Å². The van der Waals surface area contributed by atoms with E-state index in [0.29, 0.717) is 5.92 Å². The lowest BCUT2D eigenvalue weighted by Gasteiger charge is -2.21. The number of allylic oxidation sites excluding steroid dienone is 1. The van der Waals surface area contributed by atoms with E-state index in [2.05, 4.69) is 92.7 Å². The first-order valence-corrected chi connectivity index (χ1v) is 9.22. The first-order chi connectivity index (χ1) is 12.2. The molecule has 0 nitrogen and oxygen atoms in total. The molecule has 0 spiro atoms. The lowest BCUT2D eigenvalue weighted by Crippen LogP contribution is -2.03. The van der Waals surface area contributed by atoms with Crippen LogP contribution in [0.25, 0.3) is 28.3 Å². The van der Waals surface area contributed by atoms with Crippen LogP contribution < -0.4 is 0 Å². The second-order valence-corrected chi connectivity index (χ2v) is 7.13. The third kappa shape index (κ3) is 3.05. The van der Waals surface area contributed by atoms with Gasteiger partial charge in [0.15, 0.2) is 0 Å². The maximum absolute atomic E-state index is 2.33. The summed E-state index contributed by atoms with van der Waals surface area (Å²) in [5.41, 5.74) is 9.69. The van der Waals surface area contributed by atoms with Gasteiger partial charge in [0.25, 0.3) is 0 Å². The summed E-state index contributed by atoms with van der Waals surface area (Å²) in [6.07, 6.45) is 6.93. The third-order valence-electron chi connectivity index (χ3n) is 5.16. The molecule has 1 aliphatic rings. The molecule has 3 aromatic carbocycles. The molecule has 0 saturated heterocycles. The Morgan fingerprint density at radius 3 is 2.12 bits per heavy atom. The topological polar surface area (TPSA) is 0 Å². The van der Waals surface area contributed by atoms with E-state index < -0.39 is 0 Å². The van der Waals surface area contributed by atoms with Crippen LogP contribution in [-0.2, 0) is 6.42 Å². The van der Waals surface area contributed by atoms with Gasteiger partial charge in [0.2, 0.25) is 0 Å². The number of hydrogen-bond acceptors (Lipinski definition) is 0. The quantitative estimate of drug-likeness (QED) is 0.482. The Bertz CT molecular complexity index is 897. The Hall–Kier alpha value is -2.60. The second-order valence-electron chi connectivity index (χ2n) is 7.13. The maximum Gasteiger partial charge on any atom is -0.0146 e. The Morgan fingerprint density at radius 2 is 1.40 bits per heavy atom. The summed E-state index contributed by atoms with van der Waals surface area (Å²) in [5.74, 6) is 0.561. The van der Waals surface area contributed by atoms with Crippen molar-refractivity contribution in [2.24, 2.45) is 0 Å². The minimum absolute atomic E-state index is 0.561. The zero-order valence-electron chi connectivity index (χ0n) is 15.0. The van der Waals surface area contributed by atoms with Crippen LogP contribution in [0, 0.1) is 0 Å². The van der Waals surface area contributed by atoms with Crippen molar-refractivity contribution < 1.29 is 0 Å². The van der Waals surface area contributed by atoms with Crippen molar-refractivity contribution in [3.05, 3.63) is 89.5 Å². The Labute approximate surface area is 150 Å². The van der Waals surface area contributed by atoms with Crippen molar-refractivity contribution in [3.8, 4) is 22.3 Å². The number of fused-ring (bicyclic) bond motifs is 1. The molecule has 0 heterocycles. The van der Waals surface area contributed by atoms with Gasteiger partial charge in [-0.2, -0.15) is 0 Å². The van der Waals surface area contributed by atoms with Gasteiger partial charge in [0, 0.05) is 0 Å². The van der Waals surface area contributed by atoms with Crippen molar-refractivity contribution in [2.75, 3.05) is 0 Å². The molecule has 25 heavy (non-hydrogen) atoms. The monoisotopic (exact) mass is 324 g/mol. The Balaban J connectivity index is 1.77. The standard InChI is InChI=1S/C25H24/c1-18(2)22-16-17-23(25-11-7-6-10-24(22)25)21-14-12-20(13-15-21)19-8-4-3-5-9-19/h3-6,8-10,12-18H,7,11H2,1-2H3. The SMILES string of the molecule is CC(C)c1ccc(-c2ccc(-c3ccccc3)cc2)c2c1C=CCC2. The van der Waals surface area contributed by atoms with Crippen molar-refractivity contribution in [2.45, 2.75) is 32.6 Å². The molecule has 1 aliphatic carbocycles. The molecule has 0 bridgehead atoms. The first-order valence-electron chi connectivity index (χ1n) is 9.22. The van der Waals surface area contributed by atoms with Gasteiger partial charge < -0.3 is 0 Å². The highest BCUT2D eigenvalue weighted by Gasteiger charge is 2.16. The van der Waals surface area contributed by atoms with Gasteiger partial charge >= 0.3 is 0 Å². The Kier molecular flexibility index (Phi) is 4.28. The fourth-order valence-electron chi connectivity index (χ4n) is 3.82. The molecule has 0 aromatic heterocycles. The molecule has 0 saturated carbocycles. The van der Waals surface area contributed by atoms with E-state index in [1.54, 1.807) is 0 Å². The predicted molar refractivity (Wildman–Crippen MR) is 109 cm³/mol. The van der Waals surface area contributed by atoms with Crippen molar-refractivity contribution in [3.63, 3.8) is 0 Å². The predicted octanol–water partition coefficient (Wildman–Crippen LogP) is 7.10. The van der Waals surface area contributed by atoms with Gasteiger partial charge in [0.1, 0.15) is 0 Å². The van der Waals surface area contributed by atoms with Crippen molar-refractivity contribution >= 4 is 6.08 Å². The Morgan fingerprint density at radius 1 is 0.720 bits per heavy atom. The molecule has 4 rings (SSSR count). The van der Waals surface area contributed by atoms with E-state index in [4.69, 9.17) is 0 Å². The minimum Gasteiger partial charge on any atom is -0.0836 e. The van der Waals surface area contributed by atoms with Crippen LogP contribution >= 0.6 is 0 Å². The highest BCUT2D eigenvalue weighted by Crippen LogP contribution is 2.36. The number of rotatable bonds is 3. The van der Waals surface area contributed by atoms with Gasteiger partial charge in [-0.3, -0.25) is 0 Å². The summed E-state index contributed by atoms with van der Waals surface area (Å²) >= 11 is 0. The largest absolute Gasteiger partial charge is 0.0836 e. The molecule has 0 aliphatic heterocycles. The molecular weight excluding hydrogens is 300 g/mol. The van der Waals surface area contributed by atoms with Gasteiger partial charge in [-0.15, -0.1) is 0 Å². The van der Waals surface area contributed by atoms with E-state index >= 15 is 0 Å². The zero-order chi connectivity index (χ0) is 17.2. The van der Waals surface area contributed by atoms with E-state index in [1.165, 1.54) is 38.9 Å². The molecule has 0 atom stereocenters. The van der Waals surface area contributed by atoms with Crippen LogP contribution in [-0.4, -0.2) is 0 Å². The summed E-state index contributed by atoms with van der Waals surface area (Å²) in [7, 11) is 0. The number of benzene rings is 3. The molecule has 0 amide bonds. The molecule has 3 aromatic rings. The summed E-state index contributed by atoms with van der Waals surface area (Å²) in [5, 5.41) is 0. The van der Waals surface area contributed by atoms with E-state index in [1.807, 2.05) is 0 Å². The van der Waals surface area contributed by atoms with Gasteiger partial charge in [0.05, 0.1) is 0 Å². The normalized spacial score (nSPS) is 13.1. The van der Waals surface area contributed by atoms with E-state index in [0.717, 1.165) is 12.8 Å². The van der Waals surface area contributed by atoms with E-state index in [-0.39, 0.29) is 0 Å². The van der Waals surface area contributed by atoms with Crippen LogP contribution in [0.2, 0.25) is 0 Å². The fraction of sp³-hybridized carbons (Fsp3) is 0.200. The third-order valence-corrected chi connectivity index (χ3v) is 5.16. The zero-order valence-corrected chi connectivity index (χ0v) is 15.0. The lowest BCUT2D eigenvalue weighted by molar-refractivity contribution is 0.853. The summed E-state index contributed by atoms with van der Waals surface area (Å²) < 4.78 is 0. The summed E-state index contributed by atoms with van der Waals surface area (Å²) in [4.78, 5) is 0. The van der Waals surface area contributed by atoms with Gasteiger partial charge in [-0.1, -0.05) is 92.7 Å². The fourth-order valence-corrected chi connectivity index (χ4v) is 3.82. The highest BCUT2D eigenvalue weighted by molar-refractivity contribution is 5.77. The summed E-state index contributed by atoms with van der Waals surface area (Å²) in [6.45, 7) is 4.57. The van der Waals surface area contributed by atoms with E-state index in [9.17, 15) is 0 Å². The molecule has 0 heteroatoms. The molecule has 124 valence electrons. The lowest BCUT2D eigenvalue weighted by atomic mass is 9.83. The van der Waals surface area contributed by atoms with Crippen LogP contribution in [0.3, 0.4) is 0 Å². The molecular formula is C25H24. The van der Waals surface area contributed by atoms with Crippen LogP contribution in [0.4, 0.5) is 0 Å². The molecule has 0 N–H and O–H groups in total. The number of hydrogen-bond donors (Lipinski definition) is 0. The molecule has 0 radical (unpaired) electrons. The van der Waals surface area contributed by atoms with Crippen molar-refractivity contribution in [1.29, 1.82) is 0 Å². The maximum atomic E-state index is 2.33.